The number of rotatable bonds is 5. The standard InChI is InChI=1S/C7H9Cl2NO3S2/c1-13-3-2-10-15(11,12)5-4-6(8)14-7(5)9/h4,10H,2-3H2,1H3. The summed E-state index contributed by atoms with van der Waals surface area (Å²) in [5, 5.41) is 0. The van der Waals surface area contributed by atoms with Gasteiger partial charge in [0.2, 0.25) is 10.0 Å². The van der Waals surface area contributed by atoms with E-state index in [1.54, 1.807) is 0 Å². The van der Waals surface area contributed by atoms with Gasteiger partial charge in [-0.15, -0.1) is 11.3 Å². The van der Waals surface area contributed by atoms with Crippen LogP contribution in [0.1, 0.15) is 0 Å². The van der Waals surface area contributed by atoms with E-state index in [1.807, 2.05) is 0 Å². The molecule has 0 radical (unpaired) electrons. The molecule has 0 fully saturated rings. The van der Waals surface area contributed by atoms with Crippen molar-refractivity contribution in [2.75, 3.05) is 20.3 Å². The van der Waals surface area contributed by atoms with E-state index in [1.165, 1.54) is 13.2 Å². The van der Waals surface area contributed by atoms with Crippen LogP contribution in [0, 0.1) is 0 Å². The van der Waals surface area contributed by atoms with Crippen molar-refractivity contribution in [3.8, 4) is 0 Å². The molecular weight excluding hydrogens is 281 g/mol. The Bertz CT molecular complexity index is 429. The largest absolute Gasteiger partial charge is 0.383 e. The van der Waals surface area contributed by atoms with Gasteiger partial charge >= 0.3 is 0 Å². The third kappa shape index (κ3) is 3.58. The zero-order chi connectivity index (χ0) is 11.5. The molecule has 1 aromatic heterocycles. The quantitative estimate of drug-likeness (QED) is 0.844. The summed E-state index contributed by atoms with van der Waals surface area (Å²) < 4.78 is 30.8. The number of methoxy groups -OCH3 is 1. The van der Waals surface area contributed by atoms with Gasteiger partial charge in [-0.05, 0) is 6.07 Å². The molecule has 0 aliphatic carbocycles. The van der Waals surface area contributed by atoms with E-state index in [0.29, 0.717) is 10.9 Å². The average molecular weight is 290 g/mol. The zero-order valence-electron chi connectivity index (χ0n) is 7.79. The molecule has 0 amide bonds. The Hall–Kier alpha value is 0.150. The molecular formula is C7H9Cl2NO3S2. The Morgan fingerprint density at radius 3 is 2.67 bits per heavy atom. The van der Waals surface area contributed by atoms with Gasteiger partial charge in [-0.3, -0.25) is 0 Å². The average Bonchev–Trinajstić information content (AvgIpc) is 2.46. The molecule has 86 valence electrons. The minimum atomic E-state index is -3.58. The van der Waals surface area contributed by atoms with Gasteiger partial charge in [0.15, 0.2) is 0 Å². The summed E-state index contributed by atoms with van der Waals surface area (Å²) in [5.74, 6) is 0. The minimum Gasteiger partial charge on any atom is -0.383 e. The molecule has 1 rings (SSSR count). The van der Waals surface area contributed by atoms with E-state index in [9.17, 15) is 8.42 Å². The SMILES string of the molecule is COCCNS(=O)(=O)c1cc(Cl)sc1Cl. The number of hydrogen-bond acceptors (Lipinski definition) is 4. The van der Waals surface area contributed by atoms with Gasteiger partial charge < -0.3 is 4.74 Å². The number of sulfonamides is 1. The highest BCUT2D eigenvalue weighted by atomic mass is 35.5. The molecule has 0 saturated heterocycles. The van der Waals surface area contributed by atoms with E-state index in [4.69, 9.17) is 27.9 Å². The summed E-state index contributed by atoms with van der Waals surface area (Å²) in [5.41, 5.74) is 0. The maximum atomic E-state index is 11.6. The van der Waals surface area contributed by atoms with Crippen molar-refractivity contribution in [3.05, 3.63) is 14.7 Å². The molecule has 0 aliphatic rings. The lowest BCUT2D eigenvalue weighted by Crippen LogP contribution is -2.27. The van der Waals surface area contributed by atoms with Crippen LogP contribution in [0.4, 0.5) is 0 Å². The van der Waals surface area contributed by atoms with Crippen LogP contribution >= 0.6 is 34.5 Å². The van der Waals surface area contributed by atoms with Crippen LogP contribution in [0.2, 0.25) is 8.67 Å². The molecule has 8 heteroatoms. The fourth-order valence-electron chi connectivity index (χ4n) is 0.864. The lowest BCUT2D eigenvalue weighted by Gasteiger charge is -2.04. The van der Waals surface area contributed by atoms with E-state index in [2.05, 4.69) is 4.72 Å². The predicted molar refractivity (Wildman–Crippen MR) is 61.4 cm³/mol. The summed E-state index contributed by atoms with van der Waals surface area (Å²) in [6, 6.07) is 1.32. The van der Waals surface area contributed by atoms with Gasteiger partial charge in [-0.1, -0.05) is 23.2 Å². The molecule has 15 heavy (non-hydrogen) atoms. The lowest BCUT2D eigenvalue weighted by molar-refractivity contribution is 0.204. The Balaban J connectivity index is 2.82. The zero-order valence-corrected chi connectivity index (χ0v) is 10.9. The van der Waals surface area contributed by atoms with Gasteiger partial charge in [-0.25, -0.2) is 13.1 Å². The highest BCUT2D eigenvalue weighted by Crippen LogP contribution is 2.33. The first-order valence-corrected chi connectivity index (χ1v) is 6.96. The highest BCUT2D eigenvalue weighted by Gasteiger charge is 2.20. The van der Waals surface area contributed by atoms with E-state index < -0.39 is 10.0 Å². The smallest absolute Gasteiger partial charge is 0.243 e. The second-order valence-corrected chi connectivity index (χ2v) is 6.60. The van der Waals surface area contributed by atoms with Gasteiger partial charge in [0.05, 0.1) is 10.9 Å². The molecule has 1 N–H and O–H groups in total. The number of hydrogen-bond donors (Lipinski definition) is 1. The molecule has 0 aromatic carbocycles. The first-order valence-electron chi connectivity index (χ1n) is 3.91. The third-order valence-corrected chi connectivity index (χ3v) is 4.73. The maximum Gasteiger partial charge on any atom is 0.243 e. The first-order chi connectivity index (χ1) is 6.97. The Morgan fingerprint density at radius 1 is 1.53 bits per heavy atom. The Labute approximate surface area is 102 Å². The number of nitrogens with one attached hydrogen (secondary N) is 1. The molecule has 0 unspecified atom stereocenters. The summed E-state index contributed by atoms with van der Waals surface area (Å²) in [7, 11) is -2.09. The Morgan fingerprint density at radius 2 is 2.20 bits per heavy atom. The lowest BCUT2D eigenvalue weighted by atomic mass is 10.7. The van der Waals surface area contributed by atoms with Crippen LogP contribution in [0.15, 0.2) is 11.0 Å². The fraction of sp³-hybridized carbons (Fsp3) is 0.429. The monoisotopic (exact) mass is 289 g/mol. The van der Waals surface area contributed by atoms with Crippen LogP contribution < -0.4 is 4.72 Å². The summed E-state index contributed by atoms with van der Waals surface area (Å²) in [6.45, 7) is 0.497. The molecule has 0 atom stereocenters. The second kappa shape index (κ2) is 5.47. The minimum absolute atomic E-state index is 0.00951. The highest BCUT2D eigenvalue weighted by molar-refractivity contribution is 7.89. The molecule has 4 nitrogen and oxygen atoms in total. The van der Waals surface area contributed by atoms with Crippen molar-refractivity contribution in [1.82, 2.24) is 4.72 Å². The second-order valence-electron chi connectivity index (χ2n) is 2.58. The first kappa shape index (κ1) is 13.2. The molecule has 0 bridgehead atoms. The van der Waals surface area contributed by atoms with Gasteiger partial charge in [-0.2, -0.15) is 0 Å². The van der Waals surface area contributed by atoms with E-state index in [0.717, 1.165) is 11.3 Å². The number of thiophene rings is 1. The van der Waals surface area contributed by atoms with Crippen LogP contribution in [-0.2, 0) is 14.8 Å². The van der Waals surface area contributed by atoms with Gasteiger partial charge in [0.1, 0.15) is 9.23 Å². The maximum absolute atomic E-state index is 11.6. The van der Waals surface area contributed by atoms with Gasteiger partial charge in [0, 0.05) is 13.7 Å². The summed E-state index contributed by atoms with van der Waals surface area (Å²) >= 11 is 12.4. The van der Waals surface area contributed by atoms with Gasteiger partial charge in [0.25, 0.3) is 0 Å². The number of ether oxygens (including phenoxy) is 1. The van der Waals surface area contributed by atoms with Crippen molar-refractivity contribution in [3.63, 3.8) is 0 Å². The van der Waals surface area contributed by atoms with Crippen LogP contribution in [0.3, 0.4) is 0 Å². The van der Waals surface area contributed by atoms with Crippen molar-refractivity contribution < 1.29 is 13.2 Å². The van der Waals surface area contributed by atoms with Crippen molar-refractivity contribution in [2.45, 2.75) is 4.90 Å². The third-order valence-electron chi connectivity index (χ3n) is 1.51. The molecule has 0 spiro atoms. The molecule has 0 saturated carbocycles. The van der Waals surface area contributed by atoms with E-state index >= 15 is 0 Å². The predicted octanol–water partition coefficient (Wildman–Crippen LogP) is 1.98. The summed E-state index contributed by atoms with van der Waals surface area (Å²) in [4.78, 5) is 0.00951. The van der Waals surface area contributed by atoms with Crippen molar-refractivity contribution in [1.29, 1.82) is 0 Å². The molecule has 0 aliphatic heterocycles. The van der Waals surface area contributed by atoms with Crippen LogP contribution in [0.25, 0.3) is 0 Å². The topological polar surface area (TPSA) is 55.4 Å². The van der Waals surface area contributed by atoms with Crippen LogP contribution in [0.5, 0.6) is 0 Å². The van der Waals surface area contributed by atoms with Crippen molar-refractivity contribution in [2.24, 2.45) is 0 Å². The fourth-order valence-corrected chi connectivity index (χ4v) is 4.02. The van der Waals surface area contributed by atoms with Crippen LogP contribution in [-0.4, -0.2) is 28.7 Å². The Kier molecular flexibility index (Phi) is 4.82. The molecule has 1 heterocycles. The number of halogens is 2. The van der Waals surface area contributed by atoms with Crippen molar-refractivity contribution >= 4 is 44.6 Å². The summed E-state index contributed by atoms with van der Waals surface area (Å²) in [6.07, 6.45) is 0. The normalized spacial score (nSPS) is 11.9. The molecule has 1 aromatic rings. The van der Waals surface area contributed by atoms with E-state index in [-0.39, 0.29) is 15.8 Å².